The normalized spacial score (nSPS) is 14.9. The van der Waals surface area contributed by atoms with Crippen LogP contribution in [0.2, 0.25) is 0 Å². The summed E-state index contributed by atoms with van der Waals surface area (Å²) in [6.45, 7) is 0.753. The maximum Gasteiger partial charge on any atom is 0.443 e. The first-order chi connectivity index (χ1) is 8.17. The van der Waals surface area contributed by atoms with Crippen LogP contribution in [0.1, 0.15) is 17.3 Å². The van der Waals surface area contributed by atoms with Gasteiger partial charge >= 0.3 is 11.5 Å². The molecule has 0 spiro atoms. The van der Waals surface area contributed by atoms with E-state index in [1.165, 1.54) is 24.3 Å². The third kappa shape index (κ3) is 3.25. The first-order valence-corrected chi connectivity index (χ1v) is 5.58. The minimum atomic E-state index is -4.81. The van der Waals surface area contributed by atoms with Crippen molar-refractivity contribution < 1.29 is 27.9 Å². The van der Waals surface area contributed by atoms with Crippen molar-refractivity contribution in [2.24, 2.45) is 0 Å². The van der Waals surface area contributed by atoms with E-state index in [1.54, 1.807) is 6.07 Å². The van der Waals surface area contributed by atoms with Crippen molar-refractivity contribution in [2.45, 2.75) is 17.2 Å². The average Bonchev–Trinajstić information content (AvgIpc) is 2.26. The molecule has 0 heterocycles. The number of rotatable bonds is 4. The summed E-state index contributed by atoms with van der Waals surface area (Å²) in [5, 5.41) is 8.89. The van der Waals surface area contributed by atoms with Gasteiger partial charge in [0.25, 0.3) is 0 Å². The fraction of sp³-hybridized carbons (Fsp3) is 0.273. The zero-order chi connectivity index (χ0) is 14.0. The van der Waals surface area contributed by atoms with E-state index in [2.05, 4.69) is 0 Å². The molecule has 0 saturated carbocycles. The lowest BCUT2D eigenvalue weighted by Crippen LogP contribution is -2.42. The molecule has 0 radical (unpaired) electrons. The smallest absolute Gasteiger partial charge is 0.443 e. The quantitative estimate of drug-likeness (QED) is 0.679. The molecule has 0 saturated heterocycles. The van der Waals surface area contributed by atoms with Gasteiger partial charge in [-0.15, -0.1) is 0 Å². The Labute approximate surface area is 105 Å². The predicted molar refractivity (Wildman–Crippen MR) is 60.5 cm³/mol. The van der Waals surface area contributed by atoms with Gasteiger partial charge in [0, 0.05) is 5.56 Å². The first-order valence-electron chi connectivity index (χ1n) is 4.77. The number of thioether (sulfide) groups is 1. The van der Waals surface area contributed by atoms with Crippen molar-refractivity contribution in [3.05, 3.63) is 35.9 Å². The molecule has 0 aliphatic carbocycles. The highest BCUT2D eigenvalue weighted by atomic mass is 32.2. The lowest BCUT2D eigenvalue weighted by molar-refractivity contribution is -0.138. The van der Waals surface area contributed by atoms with Crippen LogP contribution in [-0.2, 0) is 4.79 Å². The predicted octanol–water partition coefficient (Wildman–Crippen LogP) is 2.97. The molecule has 0 aliphatic heterocycles. The number of carbonyl (C=O) groups excluding carboxylic acids is 1. The van der Waals surface area contributed by atoms with Crippen LogP contribution in [-0.4, -0.2) is 27.1 Å². The topological polar surface area (TPSA) is 54.4 Å². The van der Waals surface area contributed by atoms with E-state index in [9.17, 15) is 22.8 Å². The summed E-state index contributed by atoms with van der Waals surface area (Å²) < 4.78 is 34.4. The summed E-state index contributed by atoms with van der Waals surface area (Å²) in [4.78, 5) is 22.9. The van der Waals surface area contributed by atoms with E-state index >= 15 is 0 Å². The molecule has 0 fully saturated rings. The number of carboxylic acid groups (broad SMARTS) is 1. The highest BCUT2D eigenvalue weighted by Gasteiger charge is 2.51. The molecule has 1 rings (SSSR count). The van der Waals surface area contributed by atoms with Gasteiger partial charge in [-0.05, 0) is 18.7 Å². The minimum Gasteiger partial charge on any atom is -0.480 e. The van der Waals surface area contributed by atoms with Crippen LogP contribution in [0.4, 0.5) is 13.2 Å². The highest BCUT2D eigenvalue weighted by molar-refractivity contribution is 8.03. The van der Waals surface area contributed by atoms with Crippen LogP contribution in [0, 0.1) is 0 Å². The third-order valence-corrected chi connectivity index (χ3v) is 3.20. The standard InChI is InChI=1S/C11H9F3O3S/c1-10(9(16)17,18-11(12,13)14)8(15)7-5-3-2-4-6-7/h2-6H,1H3,(H,16,17). The Morgan fingerprint density at radius 1 is 1.17 bits per heavy atom. The van der Waals surface area contributed by atoms with Gasteiger partial charge in [-0.3, -0.25) is 9.59 Å². The van der Waals surface area contributed by atoms with Crippen molar-refractivity contribution in [1.29, 1.82) is 0 Å². The second kappa shape index (κ2) is 5.01. The number of hydrogen-bond donors (Lipinski definition) is 1. The highest BCUT2D eigenvalue weighted by Crippen LogP contribution is 2.42. The molecule has 3 nitrogen and oxygen atoms in total. The Morgan fingerprint density at radius 2 is 1.67 bits per heavy atom. The van der Waals surface area contributed by atoms with Gasteiger partial charge in [0.15, 0.2) is 10.5 Å². The third-order valence-electron chi connectivity index (χ3n) is 2.20. The second-order valence-corrected chi connectivity index (χ2v) is 5.06. The van der Waals surface area contributed by atoms with Crippen LogP contribution in [0.25, 0.3) is 0 Å². The van der Waals surface area contributed by atoms with Crippen molar-refractivity contribution >= 4 is 23.5 Å². The average molecular weight is 278 g/mol. The van der Waals surface area contributed by atoms with E-state index in [4.69, 9.17) is 5.11 Å². The summed E-state index contributed by atoms with van der Waals surface area (Å²) in [6.07, 6.45) is 0. The molecule has 98 valence electrons. The molecule has 1 N–H and O–H groups in total. The first kappa shape index (κ1) is 14.6. The van der Waals surface area contributed by atoms with Gasteiger partial charge < -0.3 is 5.11 Å². The molecular weight excluding hydrogens is 269 g/mol. The van der Waals surface area contributed by atoms with E-state index in [1.807, 2.05) is 0 Å². The zero-order valence-corrected chi connectivity index (χ0v) is 10.0. The number of carbonyl (C=O) groups is 2. The molecule has 1 aromatic carbocycles. The summed E-state index contributed by atoms with van der Waals surface area (Å²) in [5.74, 6) is -2.91. The Kier molecular flexibility index (Phi) is 4.05. The molecule has 18 heavy (non-hydrogen) atoms. The Balaban J connectivity index is 3.14. The Bertz CT molecular complexity index is 458. The van der Waals surface area contributed by atoms with Gasteiger partial charge in [0.1, 0.15) is 0 Å². The fourth-order valence-electron chi connectivity index (χ4n) is 1.28. The molecule has 7 heteroatoms. The van der Waals surface area contributed by atoms with Crippen LogP contribution < -0.4 is 0 Å². The number of hydrogen-bond acceptors (Lipinski definition) is 3. The molecule has 1 atom stereocenters. The minimum absolute atomic E-state index is 0.0702. The molecule has 0 aliphatic rings. The molecule has 1 aromatic rings. The summed E-state index contributed by atoms with van der Waals surface area (Å²) >= 11 is -0.834. The van der Waals surface area contributed by atoms with Crippen LogP contribution in [0.15, 0.2) is 30.3 Å². The maximum absolute atomic E-state index is 12.3. The number of ketones is 1. The van der Waals surface area contributed by atoms with Crippen molar-refractivity contribution in [3.8, 4) is 0 Å². The number of aliphatic carboxylic acids is 1. The van der Waals surface area contributed by atoms with E-state index in [-0.39, 0.29) is 5.56 Å². The molecule has 0 bridgehead atoms. The number of carboxylic acids is 1. The molecule has 0 aromatic heterocycles. The lowest BCUT2D eigenvalue weighted by atomic mass is 9.99. The number of alkyl halides is 3. The van der Waals surface area contributed by atoms with Crippen molar-refractivity contribution in [2.75, 3.05) is 0 Å². The zero-order valence-electron chi connectivity index (χ0n) is 9.19. The van der Waals surface area contributed by atoms with Crippen LogP contribution in [0.5, 0.6) is 0 Å². The van der Waals surface area contributed by atoms with Gasteiger partial charge in [0.05, 0.1) is 0 Å². The van der Waals surface area contributed by atoms with Crippen LogP contribution in [0.3, 0.4) is 0 Å². The summed E-state index contributed by atoms with van der Waals surface area (Å²) in [6, 6.07) is 7.04. The van der Waals surface area contributed by atoms with E-state index < -0.39 is 33.8 Å². The maximum atomic E-state index is 12.3. The van der Waals surface area contributed by atoms with Gasteiger partial charge in [-0.25, -0.2) is 0 Å². The monoisotopic (exact) mass is 278 g/mol. The van der Waals surface area contributed by atoms with E-state index in [0.29, 0.717) is 0 Å². The summed E-state index contributed by atoms with van der Waals surface area (Å²) in [7, 11) is 0. The number of Topliss-reactive ketones (excluding diaryl/α,β-unsaturated/α-hetero) is 1. The van der Waals surface area contributed by atoms with Gasteiger partial charge in [-0.1, -0.05) is 30.3 Å². The summed E-state index contributed by atoms with van der Waals surface area (Å²) in [5.41, 5.74) is -4.88. The van der Waals surface area contributed by atoms with Crippen molar-refractivity contribution in [3.63, 3.8) is 0 Å². The van der Waals surface area contributed by atoms with Crippen LogP contribution >= 0.6 is 11.8 Å². The van der Waals surface area contributed by atoms with Gasteiger partial charge in [0.2, 0.25) is 0 Å². The Morgan fingerprint density at radius 3 is 2.06 bits per heavy atom. The number of benzene rings is 1. The SMILES string of the molecule is CC(SC(F)(F)F)(C(=O)O)C(=O)c1ccccc1. The molecular formula is C11H9F3O3S. The van der Waals surface area contributed by atoms with Gasteiger partial charge in [-0.2, -0.15) is 13.2 Å². The van der Waals surface area contributed by atoms with Crippen molar-refractivity contribution in [1.82, 2.24) is 0 Å². The van der Waals surface area contributed by atoms with E-state index in [0.717, 1.165) is 6.92 Å². The number of halogens is 3. The lowest BCUT2D eigenvalue weighted by Gasteiger charge is -2.23. The fourth-order valence-corrected chi connectivity index (χ4v) is 2.04. The molecule has 1 unspecified atom stereocenters. The Hall–Kier alpha value is -1.50. The molecule has 0 amide bonds. The largest absolute Gasteiger partial charge is 0.480 e. The second-order valence-electron chi connectivity index (χ2n) is 3.58.